The van der Waals surface area contributed by atoms with E-state index in [0.29, 0.717) is 0 Å². The van der Waals surface area contributed by atoms with Crippen LogP contribution < -0.4 is 0 Å². The first kappa shape index (κ1) is 33.9. The van der Waals surface area contributed by atoms with E-state index in [2.05, 4.69) is 19.6 Å². The van der Waals surface area contributed by atoms with Crippen molar-refractivity contribution in [1.82, 2.24) is 0 Å². The Bertz CT molecular complexity index is 1100. The molecule has 0 unspecified atom stereocenters. The van der Waals surface area contributed by atoms with E-state index in [1.54, 1.807) is 12.1 Å². The Hall–Kier alpha value is -4.35. The molecule has 0 N–H and O–H groups in total. The van der Waals surface area contributed by atoms with Crippen molar-refractivity contribution >= 4 is 29.8 Å². The molecule has 0 amide bonds. The maximum atomic E-state index is 12.0. The van der Waals surface area contributed by atoms with Gasteiger partial charge in [0.05, 0.1) is 6.26 Å². The highest BCUT2D eigenvalue weighted by atomic mass is 17.3. The highest BCUT2D eigenvalue weighted by Gasteiger charge is 2.53. The maximum absolute atomic E-state index is 12.0. The van der Waals surface area contributed by atoms with Crippen LogP contribution in [0.1, 0.15) is 33.3 Å². The molecule has 0 aromatic heterocycles. The van der Waals surface area contributed by atoms with Crippen LogP contribution in [0.2, 0.25) is 0 Å². The molecule has 230 valence electrons. The molecule has 42 heavy (non-hydrogen) atoms. The highest BCUT2D eigenvalue weighted by Crippen LogP contribution is 2.30. The van der Waals surface area contributed by atoms with Gasteiger partial charge in [0.2, 0.25) is 6.29 Å². The van der Waals surface area contributed by atoms with Crippen molar-refractivity contribution in [3.63, 3.8) is 0 Å². The fraction of sp³-hybridized carbons (Fsp3) is 0.423. The summed E-state index contributed by atoms with van der Waals surface area (Å²) in [5, 5.41) is 0. The molecule has 0 saturated carbocycles. The molecule has 0 aliphatic carbocycles. The third-order valence-corrected chi connectivity index (χ3v) is 4.69. The Morgan fingerprint density at radius 1 is 0.738 bits per heavy atom. The average Bonchev–Trinajstić information content (AvgIpc) is 2.93. The van der Waals surface area contributed by atoms with Gasteiger partial charge in [-0.2, -0.15) is 19.6 Å². The predicted molar refractivity (Wildman–Crippen MR) is 132 cm³/mol. The largest absolute Gasteiger partial charge is 0.469 e. The fourth-order valence-electron chi connectivity index (χ4n) is 3.08. The van der Waals surface area contributed by atoms with Crippen molar-refractivity contribution < 1.29 is 77.3 Å². The summed E-state index contributed by atoms with van der Waals surface area (Å²) in [6, 6.07) is 9.05. The zero-order valence-corrected chi connectivity index (χ0v) is 23.0. The molecule has 1 heterocycles. The van der Waals surface area contributed by atoms with Crippen LogP contribution in [0.4, 0.5) is 0 Å². The second kappa shape index (κ2) is 18.2. The quantitative estimate of drug-likeness (QED) is 0.0707. The summed E-state index contributed by atoms with van der Waals surface area (Å²) < 4.78 is 16.4. The van der Waals surface area contributed by atoms with Crippen LogP contribution in [-0.4, -0.2) is 67.2 Å². The molecular formula is C26H30O16. The van der Waals surface area contributed by atoms with E-state index in [9.17, 15) is 24.0 Å². The third-order valence-electron chi connectivity index (χ3n) is 4.69. The molecule has 16 heteroatoms. The van der Waals surface area contributed by atoms with Crippen LogP contribution in [-0.2, 0) is 83.9 Å². The second-order valence-electron chi connectivity index (χ2n) is 8.23. The van der Waals surface area contributed by atoms with E-state index < -0.39 is 67.2 Å². The molecule has 1 aromatic rings. The molecular weight excluding hydrogens is 568 g/mol. The van der Waals surface area contributed by atoms with Gasteiger partial charge in [-0.15, -0.1) is 0 Å². The van der Waals surface area contributed by atoms with Gasteiger partial charge in [-0.25, -0.2) is 24.0 Å². The molecule has 1 aromatic carbocycles. The molecule has 1 fully saturated rings. The van der Waals surface area contributed by atoms with Gasteiger partial charge >= 0.3 is 29.8 Å². The van der Waals surface area contributed by atoms with Crippen LogP contribution in [0.3, 0.4) is 0 Å². The highest BCUT2D eigenvalue weighted by molar-refractivity contribution is 5.82. The topological polar surface area (TPSA) is 187 Å². The summed E-state index contributed by atoms with van der Waals surface area (Å²) in [5.41, 5.74) is 0.806. The first-order chi connectivity index (χ1) is 20.1. The number of hydrogen-bond acceptors (Lipinski definition) is 16. The van der Waals surface area contributed by atoms with Crippen LogP contribution in [0.15, 0.2) is 54.8 Å². The Balaban J connectivity index is 2.20. The van der Waals surface area contributed by atoms with Gasteiger partial charge in [-0.3, -0.25) is 19.6 Å². The van der Waals surface area contributed by atoms with Gasteiger partial charge < -0.3 is 14.2 Å². The van der Waals surface area contributed by atoms with Crippen LogP contribution in [0.25, 0.3) is 0 Å². The number of carbonyl (C=O) groups is 5. The first-order valence-corrected chi connectivity index (χ1v) is 12.2. The molecule has 1 aliphatic heterocycles. The summed E-state index contributed by atoms with van der Waals surface area (Å²) in [7, 11) is 0. The second-order valence-corrected chi connectivity index (χ2v) is 8.23. The zero-order valence-electron chi connectivity index (χ0n) is 23.0. The smallest absolute Gasteiger partial charge is 0.339 e. The minimum Gasteiger partial charge on any atom is -0.469 e. The number of esters is 1. The van der Waals surface area contributed by atoms with Gasteiger partial charge in [0, 0.05) is 33.8 Å². The lowest BCUT2D eigenvalue weighted by Gasteiger charge is -2.41. The summed E-state index contributed by atoms with van der Waals surface area (Å²) in [5.74, 6) is -4.08. The van der Waals surface area contributed by atoms with E-state index in [-0.39, 0.29) is 6.61 Å². The molecule has 1 saturated heterocycles. The van der Waals surface area contributed by atoms with Crippen molar-refractivity contribution in [2.24, 2.45) is 0 Å². The molecule has 0 bridgehead atoms. The lowest BCUT2D eigenvalue weighted by molar-refractivity contribution is -0.454. The van der Waals surface area contributed by atoms with Gasteiger partial charge in [0.1, 0.15) is 19.3 Å². The summed E-state index contributed by atoms with van der Waals surface area (Å²) >= 11 is 0. The molecule has 0 radical (unpaired) electrons. The number of ether oxygens (including phenoxy) is 3. The Labute approximate surface area is 239 Å². The average molecular weight is 599 g/mol. The number of hydrogen-bond donors (Lipinski definition) is 0. The van der Waals surface area contributed by atoms with Crippen LogP contribution >= 0.6 is 0 Å². The maximum Gasteiger partial charge on any atom is 0.339 e. The summed E-state index contributed by atoms with van der Waals surface area (Å²) in [6.07, 6.45) is -2.61. The molecule has 16 nitrogen and oxygen atoms in total. The van der Waals surface area contributed by atoms with Crippen molar-refractivity contribution in [2.75, 3.05) is 6.61 Å². The normalized spacial score (nSPS) is 21.9. The molecule has 1 aliphatic rings. The molecule has 0 spiro atoms. The van der Waals surface area contributed by atoms with Gasteiger partial charge in [0.25, 0.3) is 0 Å². The SMILES string of the molecule is CC(=O)OOC[C@H]1O[C@@H](O/C=C/C=C/C(=O)OCc2ccccc2)[C@H](OOC(C)=O)[C@@H](OOC(C)=O)[C@@H]1OOC(C)=O. The Morgan fingerprint density at radius 3 is 1.90 bits per heavy atom. The number of carbonyl (C=O) groups excluding carboxylic acids is 5. The number of benzene rings is 1. The molecule has 2 rings (SSSR count). The summed E-state index contributed by atoms with van der Waals surface area (Å²) in [4.78, 5) is 95.9. The lowest BCUT2D eigenvalue weighted by atomic mass is 9.99. The monoisotopic (exact) mass is 598 g/mol. The Morgan fingerprint density at radius 2 is 1.31 bits per heavy atom. The first-order valence-electron chi connectivity index (χ1n) is 12.2. The minimum atomic E-state index is -1.56. The van der Waals surface area contributed by atoms with Crippen molar-refractivity contribution in [1.29, 1.82) is 0 Å². The zero-order chi connectivity index (χ0) is 30.9. The Kier molecular flexibility index (Phi) is 14.6. The number of rotatable bonds is 15. The van der Waals surface area contributed by atoms with Gasteiger partial charge in [-0.1, -0.05) is 36.4 Å². The summed E-state index contributed by atoms with van der Waals surface area (Å²) in [6.45, 7) is 3.70. The number of allylic oxidation sites excluding steroid dienone is 2. The van der Waals surface area contributed by atoms with E-state index >= 15 is 0 Å². The van der Waals surface area contributed by atoms with Crippen LogP contribution in [0, 0.1) is 0 Å². The molecule has 5 atom stereocenters. The van der Waals surface area contributed by atoms with E-state index in [0.717, 1.165) is 45.6 Å². The van der Waals surface area contributed by atoms with Gasteiger partial charge in [0.15, 0.2) is 18.3 Å². The van der Waals surface area contributed by atoms with E-state index in [1.165, 1.54) is 12.2 Å². The van der Waals surface area contributed by atoms with E-state index in [4.69, 9.17) is 33.8 Å². The van der Waals surface area contributed by atoms with Crippen molar-refractivity contribution in [3.8, 4) is 0 Å². The van der Waals surface area contributed by atoms with Gasteiger partial charge in [-0.05, 0) is 11.6 Å². The minimum absolute atomic E-state index is 0.0758. The van der Waals surface area contributed by atoms with Crippen LogP contribution in [0.5, 0.6) is 0 Å². The van der Waals surface area contributed by atoms with E-state index in [1.807, 2.05) is 18.2 Å². The lowest BCUT2D eigenvalue weighted by Crippen LogP contribution is -2.62. The van der Waals surface area contributed by atoms with Crippen molar-refractivity contribution in [2.45, 2.75) is 65.0 Å². The predicted octanol–water partition coefficient (Wildman–Crippen LogP) is 1.63. The third kappa shape index (κ3) is 12.9. The fourth-order valence-corrected chi connectivity index (χ4v) is 3.08. The standard InChI is InChI=1S/C26H30O16/c1-16(27)36-34-15-21-23(40-37-17(2)28)24(41-38-18(3)29)25(42-39-19(4)30)26(35-21)32-13-9-8-12-22(31)33-14-20-10-6-5-7-11-20/h5-13,21,23-26H,14-15H2,1-4H3/b12-8+,13-9+/t21-,23-,24+,25-,26-/m1/s1. The van der Waals surface area contributed by atoms with Crippen molar-refractivity contribution in [3.05, 3.63) is 60.4 Å².